The predicted molar refractivity (Wildman–Crippen MR) is 142 cm³/mol. The van der Waals surface area contributed by atoms with Gasteiger partial charge >= 0.3 is 6.09 Å². The van der Waals surface area contributed by atoms with Crippen LogP contribution in [0.15, 0.2) is 60.7 Å². The molecule has 0 unspecified atom stereocenters. The highest BCUT2D eigenvalue weighted by atomic mass is 28.4. The van der Waals surface area contributed by atoms with Crippen molar-refractivity contribution in [1.29, 1.82) is 0 Å². The molecule has 0 aliphatic heterocycles. The summed E-state index contributed by atoms with van der Waals surface area (Å²) in [5.74, 6) is 0. The SMILES string of the molecule is CC(C)(C)[Si](OCC[C@H](CO)NC(=O)OCC[Si](C)(C)C)(c1ccccc1)c1ccccc1. The van der Waals surface area contributed by atoms with E-state index in [1.54, 1.807) is 0 Å². The molecule has 2 N–H and O–H groups in total. The van der Waals surface area contributed by atoms with Crippen LogP contribution in [-0.2, 0) is 9.16 Å². The Morgan fingerprint density at radius 1 is 0.939 bits per heavy atom. The fourth-order valence-electron chi connectivity index (χ4n) is 3.98. The molecule has 0 radical (unpaired) electrons. The van der Waals surface area contributed by atoms with Crippen LogP contribution >= 0.6 is 0 Å². The van der Waals surface area contributed by atoms with Crippen molar-refractivity contribution in [2.45, 2.75) is 64.0 Å². The van der Waals surface area contributed by atoms with Crippen LogP contribution in [0.25, 0.3) is 0 Å². The number of benzene rings is 2. The molecule has 0 spiro atoms. The normalized spacial score (nSPS) is 13.4. The summed E-state index contributed by atoms with van der Waals surface area (Å²) >= 11 is 0. The van der Waals surface area contributed by atoms with Crippen molar-refractivity contribution in [2.24, 2.45) is 0 Å². The highest BCUT2D eigenvalue weighted by Crippen LogP contribution is 2.36. The van der Waals surface area contributed by atoms with E-state index in [9.17, 15) is 9.90 Å². The van der Waals surface area contributed by atoms with Crippen LogP contribution in [0, 0.1) is 0 Å². The Bertz CT molecular complexity index is 809. The van der Waals surface area contributed by atoms with Crippen molar-refractivity contribution in [3.8, 4) is 0 Å². The van der Waals surface area contributed by atoms with Gasteiger partial charge in [-0.05, 0) is 27.9 Å². The fraction of sp³-hybridized carbons (Fsp3) is 0.500. The molecule has 5 nitrogen and oxygen atoms in total. The summed E-state index contributed by atoms with van der Waals surface area (Å²) in [4.78, 5) is 12.2. The molecule has 0 heterocycles. The van der Waals surface area contributed by atoms with Gasteiger partial charge in [0.05, 0.1) is 19.3 Å². The van der Waals surface area contributed by atoms with Crippen LogP contribution in [0.5, 0.6) is 0 Å². The lowest BCUT2D eigenvalue weighted by atomic mass is 10.2. The van der Waals surface area contributed by atoms with Crippen molar-refractivity contribution < 1.29 is 19.1 Å². The lowest BCUT2D eigenvalue weighted by molar-refractivity contribution is 0.135. The van der Waals surface area contributed by atoms with Crippen molar-refractivity contribution in [3.05, 3.63) is 60.7 Å². The molecular formula is C26H41NO4Si2. The van der Waals surface area contributed by atoms with Gasteiger partial charge in [0.2, 0.25) is 0 Å². The standard InChI is InChI=1S/C26H41NO4Si2/c1-26(2,3)33(23-13-9-7-10-14-23,24-15-11-8-12-16-24)31-18-17-22(21-28)27-25(29)30-19-20-32(4,5)6/h7-16,22,28H,17-21H2,1-6H3,(H,27,29)/t22-/m1/s1. The van der Waals surface area contributed by atoms with Gasteiger partial charge in [-0.25, -0.2) is 4.79 Å². The molecule has 0 aliphatic carbocycles. The molecule has 33 heavy (non-hydrogen) atoms. The predicted octanol–water partition coefficient (Wildman–Crippen LogP) is 4.38. The van der Waals surface area contributed by atoms with Crippen LogP contribution in [0.3, 0.4) is 0 Å². The van der Waals surface area contributed by atoms with Gasteiger partial charge < -0.3 is 19.6 Å². The number of aliphatic hydroxyl groups is 1. The molecule has 2 rings (SSSR count). The molecule has 0 bridgehead atoms. The zero-order valence-corrected chi connectivity index (χ0v) is 23.1. The first-order chi connectivity index (χ1) is 15.5. The number of alkyl carbamates (subject to hydrolysis) is 1. The maximum atomic E-state index is 12.2. The maximum absolute atomic E-state index is 12.2. The lowest BCUT2D eigenvalue weighted by Gasteiger charge is -2.43. The smallest absolute Gasteiger partial charge is 0.407 e. The van der Waals surface area contributed by atoms with Gasteiger partial charge in [0, 0.05) is 14.7 Å². The molecule has 182 valence electrons. The third kappa shape index (κ3) is 7.81. The van der Waals surface area contributed by atoms with Crippen molar-refractivity contribution >= 4 is 32.9 Å². The minimum Gasteiger partial charge on any atom is -0.450 e. The summed E-state index contributed by atoms with van der Waals surface area (Å²) in [6.45, 7) is 14.1. The molecular weight excluding hydrogens is 446 g/mol. The van der Waals surface area contributed by atoms with Crippen molar-refractivity contribution in [1.82, 2.24) is 5.32 Å². The summed E-state index contributed by atoms with van der Waals surface area (Å²) < 4.78 is 12.2. The van der Waals surface area contributed by atoms with Gasteiger partial charge in [-0.1, -0.05) is 101 Å². The van der Waals surface area contributed by atoms with Gasteiger partial charge in [-0.3, -0.25) is 0 Å². The highest BCUT2D eigenvalue weighted by molar-refractivity contribution is 6.99. The summed E-state index contributed by atoms with van der Waals surface area (Å²) in [7, 11) is -3.90. The number of hydrogen-bond donors (Lipinski definition) is 2. The Balaban J connectivity index is 2.14. The van der Waals surface area contributed by atoms with E-state index in [-0.39, 0.29) is 11.6 Å². The fourth-order valence-corrected chi connectivity index (χ4v) is 9.28. The maximum Gasteiger partial charge on any atom is 0.407 e. The summed E-state index contributed by atoms with van der Waals surface area (Å²) in [6, 6.07) is 21.4. The highest BCUT2D eigenvalue weighted by Gasteiger charge is 2.50. The number of ether oxygens (including phenoxy) is 1. The van der Waals surface area contributed by atoms with E-state index < -0.39 is 28.5 Å². The Hall–Kier alpha value is -1.94. The van der Waals surface area contributed by atoms with Gasteiger partial charge in [-0.15, -0.1) is 0 Å². The Kier molecular flexibility index (Phi) is 9.90. The summed E-state index contributed by atoms with van der Waals surface area (Å²) in [6.07, 6.45) is 0.0298. The zero-order valence-electron chi connectivity index (χ0n) is 21.1. The molecule has 0 saturated heterocycles. The van der Waals surface area contributed by atoms with Crippen molar-refractivity contribution in [2.75, 3.05) is 19.8 Å². The van der Waals surface area contributed by atoms with E-state index in [1.165, 1.54) is 10.4 Å². The number of carbonyl (C=O) groups is 1. The average molecular weight is 488 g/mol. The minimum atomic E-state index is -2.63. The van der Waals surface area contributed by atoms with Crippen LogP contribution in [0.1, 0.15) is 27.2 Å². The van der Waals surface area contributed by atoms with Gasteiger partial charge in [-0.2, -0.15) is 0 Å². The van der Waals surface area contributed by atoms with E-state index in [1.807, 2.05) is 12.1 Å². The second-order valence-corrected chi connectivity index (χ2v) is 20.7. The molecule has 0 aromatic heterocycles. The summed E-state index contributed by atoms with van der Waals surface area (Å²) in [5.41, 5.74) is 0. The van der Waals surface area contributed by atoms with E-state index in [0.29, 0.717) is 19.6 Å². The minimum absolute atomic E-state index is 0.117. The Morgan fingerprint density at radius 3 is 1.88 bits per heavy atom. The number of amides is 1. The van der Waals surface area contributed by atoms with Gasteiger partial charge in [0.15, 0.2) is 0 Å². The molecule has 1 amide bonds. The largest absolute Gasteiger partial charge is 0.450 e. The van der Waals surface area contributed by atoms with E-state index in [0.717, 1.165) is 6.04 Å². The topological polar surface area (TPSA) is 67.8 Å². The van der Waals surface area contributed by atoms with Crippen molar-refractivity contribution in [3.63, 3.8) is 0 Å². The summed E-state index contributed by atoms with van der Waals surface area (Å²) in [5, 5.41) is 14.9. The number of rotatable bonds is 11. The first kappa shape index (κ1) is 27.3. The number of aliphatic hydroxyl groups excluding tert-OH is 1. The van der Waals surface area contributed by atoms with Crippen LogP contribution < -0.4 is 15.7 Å². The first-order valence-corrected chi connectivity index (χ1v) is 17.4. The second kappa shape index (κ2) is 12.0. The lowest BCUT2D eigenvalue weighted by Crippen LogP contribution is -2.66. The third-order valence-electron chi connectivity index (χ3n) is 5.83. The van der Waals surface area contributed by atoms with Crippen LogP contribution in [-0.4, -0.2) is 53.5 Å². The van der Waals surface area contributed by atoms with Gasteiger partial charge in [0.25, 0.3) is 8.32 Å². The Morgan fingerprint density at radius 2 is 1.45 bits per heavy atom. The molecule has 7 heteroatoms. The van der Waals surface area contributed by atoms with E-state index >= 15 is 0 Å². The zero-order chi connectivity index (χ0) is 24.5. The average Bonchev–Trinajstić information content (AvgIpc) is 2.75. The molecule has 1 atom stereocenters. The van der Waals surface area contributed by atoms with Gasteiger partial charge in [0.1, 0.15) is 0 Å². The first-order valence-electron chi connectivity index (χ1n) is 11.8. The van der Waals surface area contributed by atoms with Crippen LogP contribution in [0.4, 0.5) is 4.79 Å². The molecule has 2 aromatic carbocycles. The van der Waals surface area contributed by atoms with E-state index in [2.05, 4.69) is 94.3 Å². The molecule has 0 fully saturated rings. The molecule has 0 aliphatic rings. The molecule has 0 saturated carbocycles. The monoisotopic (exact) mass is 487 g/mol. The quantitative estimate of drug-likeness (QED) is 0.462. The Labute approximate surface area is 201 Å². The number of carbonyl (C=O) groups excluding carboxylic acids is 1. The van der Waals surface area contributed by atoms with Crippen LogP contribution in [0.2, 0.25) is 30.7 Å². The number of nitrogens with one attached hydrogen (secondary N) is 1. The molecule has 2 aromatic rings. The second-order valence-electron chi connectivity index (χ2n) is 10.8. The van der Waals surface area contributed by atoms with E-state index in [4.69, 9.17) is 9.16 Å². The third-order valence-corrected chi connectivity index (χ3v) is 12.6. The number of hydrogen-bond acceptors (Lipinski definition) is 4.